The summed E-state index contributed by atoms with van der Waals surface area (Å²) in [6.45, 7) is 1.29. The quantitative estimate of drug-likeness (QED) is 0.844. The summed E-state index contributed by atoms with van der Waals surface area (Å²) in [5, 5.41) is 6.05. The van der Waals surface area contributed by atoms with Crippen LogP contribution < -0.4 is 10.1 Å². The van der Waals surface area contributed by atoms with Gasteiger partial charge in [0.1, 0.15) is 11.5 Å². The Morgan fingerprint density at radius 2 is 2.00 bits per heavy atom. The number of anilines is 1. The first kappa shape index (κ1) is 14.6. The lowest BCUT2D eigenvalue weighted by molar-refractivity contribution is -0.119. The molecular formula is C14H14N2O5. The van der Waals surface area contributed by atoms with Crippen molar-refractivity contribution in [2.75, 3.05) is 19.0 Å². The predicted molar refractivity (Wildman–Crippen MR) is 73.1 cm³/mol. The molecule has 1 amide bonds. The molecule has 2 rings (SSSR count). The van der Waals surface area contributed by atoms with Gasteiger partial charge in [-0.1, -0.05) is 5.16 Å². The number of ether oxygens (including phenoxy) is 2. The normalized spacial score (nSPS) is 10.0. The second kappa shape index (κ2) is 6.56. The zero-order valence-electron chi connectivity index (χ0n) is 11.6. The molecule has 0 spiro atoms. The molecule has 0 unspecified atom stereocenters. The molecule has 0 atom stereocenters. The molecule has 0 saturated heterocycles. The lowest BCUT2D eigenvalue weighted by atomic mass is 10.2. The molecule has 0 aliphatic heterocycles. The second-order valence-corrected chi connectivity index (χ2v) is 4.18. The Labute approximate surface area is 120 Å². The highest BCUT2D eigenvalue weighted by Crippen LogP contribution is 2.12. The molecule has 1 N–H and O–H groups in total. The molecule has 1 heterocycles. The number of rotatable bonds is 5. The van der Waals surface area contributed by atoms with Gasteiger partial charge in [0.05, 0.1) is 12.7 Å². The van der Waals surface area contributed by atoms with Crippen molar-refractivity contribution >= 4 is 17.7 Å². The highest BCUT2D eigenvalue weighted by atomic mass is 16.5. The highest BCUT2D eigenvalue weighted by molar-refractivity contribution is 5.95. The van der Waals surface area contributed by atoms with E-state index in [0.29, 0.717) is 17.1 Å². The van der Waals surface area contributed by atoms with Crippen molar-refractivity contribution in [2.45, 2.75) is 6.92 Å². The average molecular weight is 290 g/mol. The molecular weight excluding hydrogens is 276 g/mol. The SMILES string of the molecule is COc1ccc(C(=O)OCC(=O)Nc2cc(C)on2)cc1. The molecule has 110 valence electrons. The number of amides is 1. The van der Waals surface area contributed by atoms with Gasteiger partial charge in [-0.15, -0.1) is 0 Å². The molecule has 0 bridgehead atoms. The van der Waals surface area contributed by atoms with Crippen molar-refractivity contribution < 1.29 is 23.6 Å². The van der Waals surface area contributed by atoms with Crippen LogP contribution in [0.4, 0.5) is 5.82 Å². The van der Waals surface area contributed by atoms with Gasteiger partial charge in [0.2, 0.25) is 0 Å². The summed E-state index contributed by atoms with van der Waals surface area (Å²) < 4.78 is 14.7. The van der Waals surface area contributed by atoms with Gasteiger partial charge in [0.25, 0.3) is 5.91 Å². The fraction of sp³-hybridized carbons (Fsp3) is 0.214. The van der Waals surface area contributed by atoms with Crippen molar-refractivity contribution in [3.8, 4) is 5.75 Å². The molecule has 0 fully saturated rings. The second-order valence-electron chi connectivity index (χ2n) is 4.18. The summed E-state index contributed by atoms with van der Waals surface area (Å²) in [6, 6.07) is 7.94. The van der Waals surface area contributed by atoms with Crippen LogP contribution in [0.3, 0.4) is 0 Å². The molecule has 7 nitrogen and oxygen atoms in total. The lowest BCUT2D eigenvalue weighted by Crippen LogP contribution is -2.21. The van der Waals surface area contributed by atoms with E-state index in [0.717, 1.165) is 0 Å². The Morgan fingerprint density at radius 1 is 1.29 bits per heavy atom. The van der Waals surface area contributed by atoms with Crippen LogP contribution in [0.25, 0.3) is 0 Å². The molecule has 21 heavy (non-hydrogen) atoms. The van der Waals surface area contributed by atoms with Crippen molar-refractivity contribution in [2.24, 2.45) is 0 Å². The van der Waals surface area contributed by atoms with Gasteiger partial charge in [-0.2, -0.15) is 0 Å². The Balaban J connectivity index is 1.83. The fourth-order valence-corrected chi connectivity index (χ4v) is 1.55. The van der Waals surface area contributed by atoms with E-state index < -0.39 is 18.5 Å². The van der Waals surface area contributed by atoms with Crippen molar-refractivity contribution in [3.05, 3.63) is 41.7 Å². The largest absolute Gasteiger partial charge is 0.497 e. The van der Waals surface area contributed by atoms with Crippen LogP contribution in [0.2, 0.25) is 0 Å². The molecule has 0 radical (unpaired) electrons. The number of aromatic nitrogens is 1. The summed E-state index contributed by atoms with van der Waals surface area (Å²) in [7, 11) is 1.53. The van der Waals surface area contributed by atoms with Crippen LogP contribution in [0.1, 0.15) is 16.1 Å². The lowest BCUT2D eigenvalue weighted by Gasteiger charge is -2.05. The van der Waals surface area contributed by atoms with Crippen LogP contribution in [0.5, 0.6) is 5.75 Å². The third-order valence-corrected chi connectivity index (χ3v) is 2.56. The monoisotopic (exact) mass is 290 g/mol. The Hall–Kier alpha value is -2.83. The van der Waals surface area contributed by atoms with E-state index in [1.54, 1.807) is 37.3 Å². The Morgan fingerprint density at radius 3 is 2.57 bits per heavy atom. The predicted octanol–water partition coefficient (Wildman–Crippen LogP) is 1.79. The van der Waals surface area contributed by atoms with Gasteiger partial charge < -0.3 is 19.3 Å². The van der Waals surface area contributed by atoms with Gasteiger partial charge in [-0.25, -0.2) is 4.79 Å². The summed E-state index contributed by atoms with van der Waals surface area (Å²) in [5.74, 6) is 0.388. The third kappa shape index (κ3) is 4.07. The van der Waals surface area contributed by atoms with Crippen LogP contribution in [-0.2, 0) is 9.53 Å². The smallest absolute Gasteiger partial charge is 0.338 e. The molecule has 7 heteroatoms. The van der Waals surface area contributed by atoms with Gasteiger partial charge in [-0.05, 0) is 31.2 Å². The Bertz CT molecular complexity index is 633. The van der Waals surface area contributed by atoms with E-state index in [2.05, 4.69) is 10.5 Å². The van der Waals surface area contributed by atoms with E-state index in [4.69, 9.17) is 14.0 Å². The number of esters is 1. The third-order valence-electron chi connectivity index (χ3n) is 2.56. The van der Waals surface area contributed by atoms with Crippen LogP contribution in [0, 0.1) is 6.92 Å². The minimum atomic E-state index is -0.593. The van der Waals surface area contributed by atoms with E-state index in [-0.39, 0.29) is 5.82 Å². The molecule has 0 aliphatic rings. The fourth-order valence-electron chi connectivity index (χ4n) is 1.55. The average Bonchev–Trinajstić information content (AvgIpc) is 2.90. The summed E-state index contributed by atoms with van der Waals surface area (Å²) in [5.41, 5.74) is 0.334. The standard InChI is InChI=1S/C14H14N2O5/c1-9-7-12(16-21-9)15-13(17)8-20-14(18)10-3-5-11(19-2)6-4-10/h3-7H,8H2,1-2H3,(H,15,16,17). The molecule has 0 saturated carbocycles. The summed E-state index contributed by atoms with van der Waals surface area (Å²) in [4.78, 5) is 23.3. The van der Waals surface area contributed by atoms with Crippen LogP contribution in [0.15, 0.2) is 34.9 Å². The maximum atomic E-state index is 11.7. The maximum Gasteiger partial charge on any atom is 0.338 e. The van der Waals surface area contributed by atoms with Crippen molar-refractivity contribution in [3.63, 3.8) is 0 Å². The van der Waals surface area contributed by atoms with E-state index in [1.165, 1.54) is 7.11 Å². The van der Waals surface area contributed by atoms with Gasteiger partial charge in [0.15, 0.2) is 12.4 Å². The van der Waals surface area contributed by atoms with Crippen LogP contribution >= 0.6 is 0 Å². The van der Waals surface area contributed by atoms with E-state index in [1.807, 2.05) is 0 Å². The minimum Gasteiger partial charge on any atom is -0.497 e. The molecule has 1 aromatic heterocycles. The van der Waals surface area contributed by atoms with E-state index in [9.17, 15) is 9.59 Å². The minimum absolute atomic E-state index is 0.276. The van der Waals surface area contributed by atoms with E-state index >= 15 is 0 Å². The van der Waals surface area contributed by atoms with Crippen molar-refractivity contribution in [1.29, 1.82) is 0 Å². The van der Waals surface area contributed by atoms with Gasteiger partial charge >= 0.3 is 5.97 Å². The first-order valence-electron chi connectivity index (χ1n) is 6.13. The highest BCUT2D eigenvalue weighted by Gasteiger charge is 2.11. The number of hydrogen-bond donors (Lipinski definition) is 1. The Kier molecular flexibility index (Phi) is 4.55. The molecule has 0 aliphatic carbocycles. The maximum absolute atomic E-state index is 11.7. The number of methoxy groups -OCH3 is 1. The summed E-state index contributed by atoms with van der Waals surface area (Å²) in [6.07, 6.45) is 0. The van der Waals surface area contributed by atoms with Crippen LogP contribution in [-0.4, -0.2) is 30.7 Å². The number of carbonyl (C=O) groups excluding carboxylic acids is 2. The molecule has 1 aromatic carbocycles. The number of aryl methyl sites for hydroxylation is 1. The number of carbonyl (C=O) groups is 2. The molecule has 2 aromatic rings. The van der Waals surface area contributed by atoms with Crippen molar-refractivity contribution in [1.82, 2.24) is 5.16 Å². The zero-order chi connectivity index (χ0) is 15.2. The first-order chi connectivity index (χ1) is 10.1. The topological polar surface area (TPSA) is 90.7 Å². The summed E-state index contributed by atoms with van der Waals surface area (Å²) >= 11 is 0. The zero-order valence-corrected chi connectivity index (χ0v) is 11.6. The first-order valence-corrected chi connectivity index (χ1v) is 6.13. The number of benzene rings is 1. The number of hydrogen-bond acceptors (Lipinski definition) is 6. The van der Waals surface area contributed by atoms with Gasteiger partial charge in [0, 0.05) is 6.07 Å². The number of nitrogens with zero attached hydrogens (tertiary/aromatic N) is 1. The van der Waals surface area contributed by atoms with Gasteiger partial charge in [-0.3, -0.25) is 4.79 Å². The number of nitrogens with one attached hydrogen (secondary N) is 1.